The molecule has 1 unspecified atom stereocenters. The molecule has 2 nitrogen and oxygen atoms in total. The maximum atomic E-state index is 13.9. The molecule has 0 heterocycles. The number of rotatable bonds is 4. The molecule has 106 valence electrons. The molecule has 0 aliphatic carbocycles. The Labute approximate surface area is 127 Å². The molecule has 0 radical (unpaired) electrons. The van der Waals surface area contributed by atoms with Crippen LogP contribution in [0.2, 0.25) is 0 Å². The van der Waals surface area contributed by atoms with E-state index in [4.69, 9.17) is 4.74 Å². The summed E-state index contributed by atoms with van der Waals surface area (Å²) in [6.45, 7) is 3.92. The van der Waals surface area contributed by atoms with Gasteiger partial charge in [0.15, 0.2) is 0 Å². The van der Waals surface area contributed by atoms with Gasteiger partial charge in [-0.25, -0.2) is 4.39 Å². The standard InChI is InChI=1S/C16H17BrFNO/c1-10-8-13(5-7-16(10)20-3)19-11(2)14-6-4-12(17)9-15(14)18/h4-9,11,19H,1-3H3. The Kier molecular flexibility index (Phi) is 4.65. The minimum atomic E-state index is -0.218. The summed E-state index contributed by atoms with van der Waals surface area (Å²) in [7, 11) is 1.65. The van der Waals surface area contributed by atoms with Crippen LogP contribution in [0.5, 0.6) is 5.75 Å². The zero-order valence-corrected chi connectivity index (χ0v) is 13.3. The van der Waals surface area contributed by atoms with Crippen molar-refractivity contribution in [3.05, 3.63) is 57.8 Å². The van der Waals surface area contributed by atoms with E-state index in [2.05, 4.69) is 21.2 Å². The van der Waals surface area contributed by atoms with Crippen molar-refractivity contribution in [2.45, 2.75) is 19.9 Å². The summed E-state index contributed by atoms with van der Waals surface area (Å²) in [6, 6.07) is 10.8. The number of ether oxygens (including phenoxy) is 1. The summed E-state index contributed by atoms with van der Waals surface area (Å²) < 4.78 is 19.9. The number of benzene rings is 2. The Morgan fingerprint density at radius 2 is 1.95 bits per heavy atom. The summed E-state index contributed by atoms with van der Waals surface area (Å²) in [4.78, 5) is 0. The molecular formula is C16H17BrFNO. The second-order valence-electron chi connectivity index (χ2n) is 4.72. The first-order valence-electron chi connectivity index (χ1n) is 6.37. The molecule has 0 fully saturated rings. The Morgan fingerprint density at radius 3 is 2.55 bits per heavy atom. The van der Waals surface area contributed by atoms with Gasteiger partial charge in [-0.3, -0.25) is 0 Å². The molecule has 2 aromatic carbocycles. The number of nitrogens with one attached hydrogen (secondary N) is 1. The first kappa shape index (κ1) is 14.9. The number of methoxy groups -OCH3 is 1. The summed E-state index contributed by atoms with van der Waals surface area (Å²) in [5.41, 5.74) is 2.63. The van der Waals surface area contributed by atoms with Gasteiger partial charge in [0.1, 0.15) is 11.6 Å². The van der Waals surface area contributed by atoms with Gasteiger partial charge in [0.2, 0.25) is 0 Å². The minimum absolute atomic E-state index is 0.115. The van der Waals surface area contributed by atoms with Crippen LogP contribution in [0.3, 0.4) is 0 Å². The highest BCUT2D eigenvalue weighted by atomic mass is 79.9. The lowest BCUT2D eigenvalue weighted by molar-refractivity contribution is 0.412. The topological polar surface area (TPSA) is 21.3 Å². The molecule has 1 N–H and O–H groups in total. The van der Waals surface area contributed by atoms with Gasteiger partial charge in [0.25, 0.3) is 0 Å². The van der Waals surface area contributed by atoms with Crippen molar-refractivity contribution in [1.82, 2.24) is 0 Å². The van der Waals surface area contributed by atoms with Crippen LogP contribution in [-0.2, 0) is 0 Å². The third-order valence-electron chi connectivity index (χ3n) is 3.21. The zero-order valence-electron chi connectivity index (χ0n) is 11.7. The van der Waals surface area contributed by atoms with Crippen LogP contribution >= 0.6 is 15.9 Å². The summed E-state index contributed by atoms with van der Waals surface area (Å²) in [5.74, 6) is 0.627. The highest BCUT2D eigenvalue weighted by Gasteiger charge is 2.11. The van der Waals surface area contributed by atoms with Gasteiger partial charge in [-0.2, -0.15) is 0 Å². The van der Waals surface area contributed by atoms with Crippen LogP contribution in [0.15, 0.2) is 40.9 Å². The fourth-order valence-electron chi connectivity index (χ4n) is 2.15. The maximum absolute atomic E-state index is 13.9. The Balaban J connectivity index is 2.18. The van der Waals surface area contributed by atoms with Gasteiger partial charge in [0, 0.05) is 15.7 Å². The van der Waals surface area contributed by atoms with Crippen LogP contribution in [0.1, 0.15) is 24.1 Å². The minimum Gasteiger partial charge on any atom is -0.496 e. The largest absolute Gasteiger partial charge is 0.496 e. The first-order valence-corrected chi connectivity index (χ1v) is 7.16. The van der Waals surface area contributed by atoms with Crippen LogP contribution in [0.4, 0.5) is 10.1 Å². The van der Waals surface area contributed by atoms with Crippen molar-refractivity contribution >= 4 is 21.6 Å². The summed E-state index contributed by atoms with van der Waals surface area (Å²) in [6.07, 6.45) is 0. The van der Waals surface area contributed by atoms with Gasteiger partial charge in [-0.05, 0) is 49.7 Å². The average molecular weight is 338 g/mol. The van der Waals surface area contributed by atoms with Gasteiger partial charge < -0.3 is 10.1 Å². The predicted octanol–water partition coefficient (Wildman–Crippen LogP) is 5.08. The van der Waals surface area contributed by atoms with Crippen LogP contribution < -0.4 is 10.1 Å². The fourth-order valence-corrected chi connectivity index (χ4v) is 2.48. The quantitative estimate of drug-likeness (QED) is 0.840. The third kappa shape index (κ3) is 3.31. The molecule has 0 saturated heterocycles. The van der Waals surface area contributed by atoms with E-state index in [-0.39, 0.29) is 11.9 Å². The molecule has 2 rings (SSSR count). The van der Waals surface area contributed by atoms with Gasteiger partial charge in [-0.1, -0.05) is 22.0 Å². The summed E-state index contributed by atoms with van der Waals surface area (Å²) in [5, 5.41) is 3.30. The highest BCUT2D eigenvalue weighted by Crippen LogP contribution is 2.27. The highest BCUT2D eigenvalue weighted by molar-refractivity contribution is 9.10. The molecule has 20 heavy (non-hydrogen) atoms. The number of aryl methyl sites for hydroxylation is 1. The molecule has 1 atom stereocenters. The third-order valence-corrected chi connectivity index (χ3v) is 3.70. The van der Waals surface area contributed by atoms with Crippen molar-refractivity contribution in [3.63, 3.8) is 0 Å². The molecule has 0 bridgehead atoms. The smallest absolute Gasteiger partial charge is 0.129 e. The van der Waals surface area contributed by atoms with E-state index in [9.17, 15) is 4.39 Å². The number of halogens is 2. The average Bonchev–Trinajstić information content (AvgIpc) is 2.38. The molecule has 0 saturated carbocycles. The van der Waals surface area contributed by atoms with Crippen LogP contribution in [-0.4, -0.2) is 7.11 Å². The number of hydrogen-bond donors (Lipinski definition) is 1. The normalized spacial score (nSPS) is 12.1. The Hall–Kier alpha value is -1.55. The molecule has 0 aliphatic rings. The first-order chi connectivity index (χ1) is 9.51. The summed E-state index contributed by atoms with van der Waals surface area (Å²) >= 11 is 3.26. The van der Waals surface area contributed by atoms with E-state index < -0.39 is 0 Å². The fraction of sp³-hybridized carbons (Fsp3) is 0.250. The molecule has 0 amide bonds. The molecule has 2 aromatic rings. The van der Waals surface area contributed by atoms with E-state index in [0.29, 0.717) is 5.56 Å². The Morgan fingerprint density at radius 1 is 1.20 bits per heavy atom. The molecular weight excluding hydrogens is 321 g/mol. The second-order valence-corrected chi connectivity index (χ2v) is 5.63. The van der Waals surface area contributed by atoms with Gasteiger partial charge in [-0.15, -0.1) is 0 Å². The van der Waals surface area contributed by atoms with Crippen molar-refractivity contribution in [2.24, 2.45) is 0 Å². The van der Waals surface area contributed by atoms with Crippen molar-refractivity contribution in [3.8, 4) is 5.75 Å². The monoisotopic (exact) mass is 337 g/mol. The molecule has 0 aromatic heterocycles. The second kappa shape index (κ2) is 6.27. The van der Waals surface area contributed by atoms with Crippen molar-refractivity contribution < 1.29 is 9.13 Å². The SMILES string of the molecule is COc1ccc(NC(C)c2ccc(Br)cc2F)cc1C. The van der Waals surface area contributed by atoms with E-state index in [0.717, 1.165) is 21.5 Å². The van der Waals surface area contributed by atoms with E-state index in [1.54, 1.807) is 13.2 Å². The van der Waals surface area contributed by atoms with E-state index in [1.165, 1.54) is 6.07 Å². The lowest BCUT2D eigenvalue weighted by atomic mass is 10.1. The predicted molar refractivity (Wildman–Crippen MR) is 83.9 cm³/mol. The van der Waals surface area contributed by atoms with E-state index in [1.807, 2.05) is 38.1 Å². The zero-order chi connectivity index (χ0) is 14.7. The van der Waals surface area contributed by atoms with Crippen molar-refractivity contribution in [2.75, 3.05) is 12.4 Å². The Bertz CT molecular complexity index is 615. The van der Waals surface area contributed by atoms with Crippen LogP contribution in [0.25, 0.3) is 0 Å². The molecule has 0 spiro atoms. The lowest BCUT2D eigenvalue weighted by Crippen LogP contribution is -2.08. The molecule has 0 aliphatic heterocycles. The lowest BCUT2D eigenvalue weighted by Gasteiger charge is -2.17. The van der Waals surface area contributed by atoms with Crippen molar-refractivity contribution in [1.29, 1.82) is 0 Å². The van der Waals surface area contributed by atoms with Gasteiger partial charge in [0.05, 0.1) is 13.2 Å². The number of anilines is 1. The van der Waals surface area contributed by atoms with Gasteiger partial charge >= 0.3 is 0 Å². The molecule has 4 heteroatoms. The number of hydrogen-bond acceptors (Lipinski definition) is 2. The van der Waals surface area contributed by atoms with E-state index >= 15 is 0 Å². The maximum Gasteiger partial charge on any atom is 0.129 e. The van der Waals surface area contributed by atoms with Crippen LogP contribution in [0, 0.1) is 12.7 Å².